The van der Waals surface area contributed by atoms with E-state index in [2.05, 4.69) is 20.3 Å². The van der Waals surface area contributed by atoms with Crippen molar-refractivity contribution in [2.24, 2.45) is 0 Å². The van der Waals surface area contributed by atoms with Crippen LogP contribution in [0.2, 0.25) is 0 Å². The molecule has 0 aromatic carbocycles. The summed E-state index contributed by atoms with van der Waals surface area (Å²) in [6.45, 7) is 0.879. The van der Waals surface area contributed by atoms with Gasteiger partial charge in [-0.2, -0.15) is 13.2 Å². The molecule has 37 heavy (non-hydrogen) atoms. The van der Waals surface area contributed by atoms with Crippen molar-refractivity contribution in [2.45, 2.75) is 43.0 Å². The van der Waals surface area contributed by atoms with E-state index in [4.69, 9.17) is 4.42 Å². The number of ketones is 1. The third-order valence-electron chi connectivity index (χ3n) is 5.74. The van der Waals surface area contributed by atoms with Gasteiger partial charge in [0.2, 0.25) is 0 Å². The number of furan rings is 1. The lowest BCUT2D eigenvalue weighted by atomic mass is 10.0. The molecule has 5 heterocycles. The highest BCUT2D eigenvalue weighted by Crippen LogP contribution is 2.29. The minimum atomic E-state index is -4.40. The van der Waals surface area contributed by atoms with Gasteiger partial charge in [-0.3, -0.25) is 24.0 Å². The molecule has 5 rings (SSSR count). The van der Waals surface area contributed by atoms with E-state index in [1.165, 1.54) is 18.3 Å². The van der Waals surface area contributed by atoms with Gasteiger partial charge >= 0.3 is 6.18 Å². The molecule has 1 aliphatic heterocycles. The summed E-state index contributed by atoms with van der Waals surface area (Å²) >= 11 is -2.31. The Labute approximate surface area is 212 Å². The minimum absolute atomic E-state index is 0.0558. The summed E-state index contributed by atoms with van der Waals surface area (Å²) in [5, 5.41) is 3.86. The van der Waals surface area contributed by atoms with Crippen LogP contribution < -0.4 is 5.32 Å². The van der Waals surface area contributed by atoms with Crippen LogP contribution >= 0.6 is 0 Å². The van der Waals surface area contributed by atoms with Crippen LogP contribution in [0.3, 0.4) is 0 Å². The van der Waals surface area contributed by atoms with Gasteiger partial charge in [0.1, 0.15) is 5.78 Å². The summed E-state index contributed by atoms with van der Waals surface area (Å²) in [5.41, 5.74) is 1.56. The van der Waals surface area contributed by atoms with E-state index >= 15 is 0 Å². The molecule has 1 aliphatic rings. The molecular weight excluding hydrogens is 509 g/mol. The molecule has 4 aromatic rings. The quantitative estimate of drug-likeness (QED) is 0.362. The van der Waals surface area contributed by atoms with Crippen molar-refractivity contribution in [1.29, 1.82) is 0 Å². The molecule has 1 N–H and O–H groups in total. The van der Waals surface area contributed by atoms with Crippen molar-refractivity contribution >= 4 is 27.8 Å². The van der Waals surface area contributed by atoms with Gasteiger partial charge in [0.15, 0.2) is 10.7 Å². The third kappa shape index (κ3) is 7.06. The highest BCUT2D eigenvalue weighted by molar-refractivity contribution is 7.79. The summed E-state index contributed by atoms with van der Waals surface area (Å²) in [4.78, 5) is 24.0. The van der Waals surface area contributed by atoms with Gasteiger partial charge in [0.25, 0.3) is 0 Å². The molecule has 194 valence electrons. The van der Waals surface area contributed by atoms with Crippen LogP contribution in [0.4, 0.5) is 13.2 Å². The van der Waals surface area contributed by atoms with Crippen molar-refractivity contribution in [3.05, 3.63) is 72.4 Å². The van der Waals surface area contributed by atoms with Gasteiger partial charge in [0, 0.05) is 58.8 Å². The number of alkyl halides is 3. The topological polar surface area (TPSA) is 121 Å². The Bertz CT molecular complexity index is 1350. The van der Waals surface area contributed by atoms with Crippen molar-refractivity contribution in [2.75, 3.05) is 6.54 Å². The summed E-state index contributed by atoms with van der Waals surface area (Å²) in [6.07, 6.45) is 3.86. The van der Waals surface area contributed by atoms with Crippen LogP contribution in [-0.4, -0.2) is 42.1 Å². The normalized spacial score (nSPS) is 16.3. The number of rotatable bonds is 6. The maximum atomic E-state index is 12.6. The number of carbonyl (C=O) groups excluding carboxylic acids is 1. The monoisotopic (exact) mass is 531 g/mol. The van der Waals surface area contributed by atoms with E-state index in [1.54, 1.807) is 30.6 Å². The SMILES string of the molecule is O=C(CCc1cc(-c2ccc(C(F)(F)F)cn2)ccn1)[C@@H]1CCCN1.O=S([O-])c1cc2ccncc2o1. The first-order chi connectivity index (χ1) is 17.7. The molecule has 1 fully saturated rings. The molecule has 12 heteroatoms. The number of Topliss-reactive ketones (excluding diaryl/α,β-unsaturated/α-hetero) is 1. The molecule has 4 aromatic heterocycles. The second kappa shape index (κ2) is 11.7. The van der Waals surface area contributed by atoms with Gasteiger partial charge in [-0.1, -0.05) is 0 Å². The summed E-state index contributed by atoms with van der Waals surface area (Å²) < 4.78 is 63.7. The Hall–Kier alpha value is -3.48. The van der Waals surface area contributed by atoms with E-state index in [9.17, 15) is 26.7 Å². The number of hydrogen-bond acceptors (Lipinski definition) is 8. The zero-order valence-electron chi connectivity index (χ0n) is 19.4. The van der Waals surface area contributed by atoms with E-state index < -0.39 is 22.8 Å². The van der Waals surface area contributed by atoms with Gasteiger partial charge < -0.3 is 14.3 Å². The number of carbonyl (C=O) groups is 1. The first kappa shape index (κ1) is 26.6. The molecular formula is C25H22F3N4O4S-. The molecule has 1 unspecified atom stereocenters. The van der Waals surface area contributed by atoms with Gasteiger partial charge in [-0.25, -0.2) is 0 Å². The number of nitrogens with one attached hydrogen (secondary N) is 1. The number of hydrogen-bond donors (Lipinski definition) is 1. The fourth-order valence-electron chi connectivity index (χ4n) is 3.83. The zero-order chi connectivity index (χ0) is 26.4. The van der Waals surface area contributed by atoms with Crippen molar-refractivity contribution in [3.8, 4) is 11.3 Å². The van der Waals surface area contributed by atoms with Crippen LogP contribution in [0, 0.1) is 0 Å². The average Bonchev–Trinajstić information content (AvgIpc) is 3.58. The van der Waals surface area contributed by atoms with Crippen molar-refractivity contribution in [3.63, 3.8) is 0 Å². The Balaban J connectivity index is 0.000000222. The lowest BCUT2D eigenvalue weighted by Crippen LogP contribution is -2.30. The Morgan fingerprint density at radius 2 is 1.97 bits per heavy atom. The van der Waals surface area contributed by atoms with E-state index in [0.717, 1.165) is 42.7 Å². The Morgan fingerprint density at radius 3 is 2.62 bits per heavy atom. The molecule has 0 bridgehead atoms. The molecule has 0 saturated carbocycles. The number of aromatic nitrogens is 3. The highest BCUT2D eigenvalue weighted by atomic mass is 32.2. The standard InChI is InChI=1S/C18H18F3N3O.C7H5NO3S/c19-18(20,21)13-3-5-15(24-11-13)12-7-9-22-14(10-12)4-6-17(25)16-2-1-8-23-16;9-12(10)7-3-5-1-2-8-4-6(5)11-7/h3,5,7,9-11,16,23H,1-2,4,6,8H2;1-4H,(H,9,10)/p-1/t16-;/m0./s1. The van der Waals surface area contributed by atoms with Crippen molar-refractivity contribution < 1.29 is 31.1 Å². The molecule has 0 amide bonds. The smallest absolute Gasteiger partial charge is 0.417 e. The Kier molecular flexibility index (Phi) is 8.41. The number of pyridine rings is 3. The Morgan fingerprint density at radius 1 is 1.14 bits per heavy atom. The second-order valence-electron chi connectivity index (χ2n) is 8.29. The summed E-state index contributed by atoms with van der Waals surface area (Å²) in [6, 6.07) is 8.91. The van der Waals surface area contributed by atoms with E-state index in [-0.39, 0.29) is 16.9 Å². The fourth-order valence-corrected chi connectivity index (χ4v) is 4.21. The highest BCUT2D eigenvalue weighted by Gasteiger charge is 2.30. The van der Waals surface area contributed by atoms with Gasteiger partial charge in [0.05, 0.1) is 23.5 Å². The van der Waals surface area contributed by atoms with Crippen LogP contribution in [0.15, 0.2) is 70.7 Å². The fraction of sp³-hybridized carbons (Fsp3) is 0.280. The molecule has 0 aliphatic carbocycles. The van der Waals surface area contributed by atoms with Crippen LogP contribution in [0.1, 0.15) is 30.5 Å². The molecule has 0 spiro atoms. The number of nitrogens with zero attached hydrogens (tertiary/aromatic N) is 3. The maximum absolute atomic E-state index is 12.6. The third-order valence-corrected chi connectivity index (χ3v) is 6.27. The predicted octanol–water partition coefficient (Wildman–Crippen LogP) is 4.48. The van der Waals surface area contributed by atoms with Crippen LogP contribution in [0.5, 0.6) is 0 Å². The second-order valence-corrected chi connectivity index (χ2v) is 9.17. The number of aryl methyl sites for hydroxylation is 1. The van der Waals surface area contributed by atoms with Crippen molar-refractivity contribution in [1.82, 2.24) is 20.3 Å². The molecule has 0 radical (unpaired) electrons. The maximum Gasteiger partial charge on any atom is 0.417 e. The minimum Gasteiger partial charge on any atom is -0.766 e. The largest absolute Gasteiger partial charge is 0.766 e. The average molecular weight is 532 g/mol. The number of halogens is 3. The first-order valence-corrected chi connectivity index (χ1v) is 12.5. The summed E-state index contributed by atoms with van der Waals surface area (Å²) in [5.74, 6) is 0.178. The molecule has 8 nitrogen and oxygen atoms in total. The van der Waals surface area contributed by atoms with E-state index in [1.807, 2.05) is 0 Å². The lowest BCUT2D eigenvalue weighted by Gasteiger charge is -2.09. The summed E-state index contributed by atoms with van der Waals surface area (Å²) in [7, 11) is 0. The van der Waals surface area contributed by atoms with Gasteiger partial charge in [-0.15, -0.1) is 0 Å². The first-order valence-electron chi connectivity index (χ1n) is 11.4. The number of fused-ring (bicyclic) bond motifs is 1. The predicted molar refractivity (Wildman–Crippen MR) is 128 cm³/mol. The van der Waals surface area contributed by atoms with Crippen LogP contribution in [0.25, 0.3) is 22.2 Å². The van der Waals surface area contributed by atoms with E-state index in [0.29, 0.717) is 29.7 Å². The lowest BCUT2D eigenvalue weighted by molar-refractivity contribution is -0.137. The zero-order valence-corrected chi connectivity index (χ0v) is 20.2. The van der Waals surface area contributed by atoms with Crippen LogP contribution in [-0.2, 0) is 28.5 Å². The molecule has 1 saturated heterocycles. The van der Waals surface area contributed by atoms with Gasteiger partial charge in [-0.05, 0) is 56.1 Å². The molecule has 2 atom stereocenters.